The van der Waals surface area contributed by atoms with Gasteiger partial charge in [0, 0.05) is 40.5 Å². The van der Waals surface area contributed by atoms with Crippen LogP contribution in [0.25, 0.3) is 33.1 Å². The Kier molecular flexibility index (Phi) is 4.03. The number of aryl methyl sites for hydroxylation is 2. The van der Waals surface area contributed by atoms with E-state index in [2.05, 4.69) is 47.2 Å². The summed E-state index contributed by atoms with van der Waals surface area (Å²) in [5, 5.41) is 2.23. The summed E-state index contributed by atoms with van der Waals surface area (Å²) < 4.78 is 9.79. The van der Waals surface area contributed by atoms with E-state index in [1.54, 1.807) is 7.11 Å². The second-order valence-corrected chi connectivity index (χ2v) is 6.34. The second kappa shape index (κ2) is 6.37. The number of carbonyl (C=O) groups is 1. The molecule has 4 nitrogen and oxygen atoms in total. The average molecular weight is 346 g/mol. The molecule has 2 heterocycles. The number of ether oxygens (including phenoxy) is 1. The molecule has 0 aliphatic rings. The zero-order chi connectivity index (χ0) is 18.3. The number of methoxy groups -OCH3 is 1. The molecule has 0 saturated carbocycles. The van der Waals surface area contributed by atoms with Gasteiger partial charge in [-0.1, -0.05) is 18.2 Å². The largest absolute Gasteiger partial charge is 0.497 e. The van der Waals surface area contributed by atoms with Crippen molar-refractivity contribution in [2.24, 2.45) is 0 Å². The Bertz CT molecular complexity index is 1120. The number of hydrogen-bond donors (Lipinski definition) is 0. The van der Waals surface area contributed by atoms with Crippen LogP contribution in [-0.4, -0.2) is 22.5 Å². The molecule has 0 unspecified atom stereocenters. The van der Waals surface area contributed by atoms with Crippen molar-refractivity contribution in [2.75, 3.05) is 7.11 Å². The van der Waals surface area contributed by atoms with Gasteiger partial charge in [-0.3, -0.25) is 4.79 Å². The summed E-state index contributed by atoms with van der Waals surface area (Å²) >= 11 is 0. The predicted octanol–water partition coefficient (Wildman–Crippen LogP) is 5.12. The summed E-state index contributed by atoms with van der Waals surface area (Å²) in [4.78, 5) is 12.1. The fourth-order valence-corrected chi connectivity index (χ4v) is 3.97. The van der Waals surface area contributed by atoms with E-state index in [1.807, 2.05) is 24.3 Å². The Labute approximate surface area is 152 Å². The van der Waals surface area contributed by atoms with Gasteiger partial charge in [-0.05, 0) is 44.2 Å². The zero-order valence-corrected chi connectivity index (χ0v) is 15.3. The van der Waals surface area contributed by atoms with Crippen molar-refractivity contribution >= 4 is 28.1 Å². The molecule has 132 valence electrons. The van der Waals surface area contributed by atoms with Gasteiger partial charge in [0.15, 0.2) is 6.29 Å². The first kappa shape index (κ1) is 16.5. The maximum absolute atomic E-state index is 12.1. The fraction of sp³-hybridized carbons (Fsp3) is 0.227. The number of carbonyl (C=O) groups excluding carboxylic acids is 1. The van der Waals surface area contributed by atoms with Crippen LogP contribution in [0.3, 0.4) is 0 Å². The van der Waals surface area contributed by atoms with Crippen LogP contribution in [0, 0.1) is 0 Å². The molecule has 0 amide bonds. The molecule has 4 aromatic rings. The monoisotopic (exact) mass is 346 g/mol. The summed E-state index contributed by atoms with van der Waals surface area (Å²) in [6, 6.07) is 16.5. The second-order valence-electron chi connectivity index (χ2n) is 6.34. The summed E-state index contributed by atoms with van der Waals surface area (Å²) in [5.41, 5.74) is 5.00. The Morgan fingerprint density at radius 3 is 2.42 bits per heavy atom. The highest BCUT2D eigenvalue weighted by atomic mass is 16.5. The molecule has 26 heavy (non-hydrogen) atoms. The highest BCUT2D eigenvalue weighted by Crippen LogP contribution is 2.38. The van der Waals surface area contributed by atoms with Crippen LogP contribution in [0.15, 0.2) is 48.5 Å². The summed E-state index contributed by atoms with van der Waals surface area (Å²) in [5.74, 6) is 0.795. The van der Waals surface area contributed by atoms with E-state index in [9.17, 15) is 4.79 Å². The molecular weight excluding hydrogens is 324 g/mol. The minimum atomic E-state index is 0.716. The van der Waals surface area contributed by atoms with Crippen molar-refractivity contribution in [1.29, 1.82) is 0 Å². The standard InChI is InChI=1S/C22H22N2O2/c1-4-23-18-9-7-6-8-15(18)12-20(23)22-17-13-16(26-3)10-11-19(17)24(5-2)21(22)14-25/h6-14H,4-5H2,1-3H3. The number of benzene rings is 2. The van der Waals surface area contributed by atoms with Crippen molar-refractivity contribution < 1.29 is 9.53 Å². The number of rotatable bonds is 5. The number of para-hydroxylation sites is 1. The Hall–Kier alpha value is -3.01. The quantitative estimate of drug-likeness (QED) is 0.470. The van der Waals surface area contributed by atoms with Gasteiger partial charge in [0.1, 0.15) is 5.75 Å². The zero-order valence-electron chi connectivity index (χ0n) is 15.3. The molecule has 0 atom stereocenters. The highest BCUT2D eigenvalue weighted by molar-refractivity contribution is 6.06. The maximum atomic E-state index is 12.1. The van der Waals surface area contributed by atoms with Crippen molar-refractivity contribution in [3.05, 3.63) is 54.2 Å². The number of fused-ring (bicyclic) bond motifs is 2. The van der Waals surface area contributed by atoms with E-state index in [1.165, 1.54) is 10.9 Å². The molecule has 0 aliphatic heterocycles. The van der Waals surface area contributed by atoms with Crippen LogP contribution in [-0.2, 0) is 13.1 Å². The van der Waals surface area contributed by atoms with Gasteiger partial charge in [0.2, 0.25) is 0 Å². The summed E-state index contributed by atoms with van der Waals surface area (Å²) in [6.07, 6.45) is 0.975. The molecule has 4 rings (SSSR count). The number of aldehydes is 1. The van der Waals surface area contributed by atoms with Gasteiger partial charge in [0.05, 0.1) is 18.5 Å². The van der Waals surface area contributed by atoms with Crippen LogP contribution in [0.1, 0.15) is 24.3 Å². The van der Waals surface area contributed by atoms with Crippen LogP contribution in [0.5, 0.6) is 5.75 Å². The summed E-state index contributed by atoms with van der Waals surface area (Å²) in [6.45, 7) is 5.78. The topological polar surface area (TPSA) is 36.2 Å². The van der Waals surface area contributed by atoms with E-state index in [0.717, 1.165) is 47.3 Å². The van der Waals surface area contributed by atoms with Crippen molar-refractivity contribution in [1.82, 2.24) is 9.13 Å². The fourth-order valence-electron chi connectivity index (χ4n) is 3.97. The number of hydrogen-bond acceptors (Lipinski definition) is 2. The highest BCUT2D eigenvalue weighted by Gasteiger charge is 2.21. The van der Waals surface area contributed by atoms with Gasteiger partial charge in [0.25, 0.3) is 0 Å². The molecule has 0 bridgehead atoms. The maximum Gasteiger partial charge on any atom is 0.167 e. The van der Waals surface area contributed by atoms with Gasteiger partial charge in [-0.2, -0.15) is 0 Å². The van der Waals surface area contributed by atoms with Crippen LogP contribution in [0.2, 0.25) is 0 Å². The Balaban J connectivity index is 2.16. The molecule has 0 N–H and O–H groups in total. The van der Waals surface area contributed by atoms with Gasteiger partial charge in [-0.25, -0.2) is 0 Å². The SMILES string of the molecule is CCn1c(-c2c(C=O)n(CC)c3ccc(OC)cc23)cc2ccccc21. The average Bonchev–Trinajstić information content (AvgIpc) is 3.21. The van der Waals surface area contributed by atoms with Crippen molar-refractivity contribution in [3.63, 3.8) is 0 Å². The molecular formula is C22H22N2O2. The lowest BCUT2D eigenvalue weighted by Crippen LogP contribution is -2.02. The third kappa shape index (κ3) is 2.25. The minimum Gasteiger partial charge on any atom is -0.497 e. The lowest BCUT2D eigenvalue weighted by atomic mass is 10.1. The first-order valence-electron chi connectivity index (χ1n) is 8.97. The lowest BCUT2D eigenvalue weighted by Gasteiger charge is -2.09. The first-order chi connectivity index (χ1) is 12.7. The van der Waals surface area contributed by atoms with E-state index in [0.29, 0.717) is 5.69 Å². The number of aromatic nitrogens is 2. The van der Waals surface area contributed by atoms with Gasteiger partial charge >= 0.3 is 0 Å². The smallest absolute Gasteiger partial charge is 0.167 e. The normalized spacial score (nSPS) is 11.3. The number of nitrogens with zero attached hydrogens (tertiary/aromatic N) is 2. The molecule has 2 aromatic carbocycles. The molecule has 4 heteroatoms. The van der Waals surface area contributed by atoms with E-state index in [-0.39, 0.29) is 0 Å². The molecule has 0 radical (unpaired) electrons. The lowest BCUT2D eigenvalue weighted by molar-refractivity contribution is 0.111. The van der Waals surface area contributed by atoms with Crippen LogP contribution in [0.4, 0.5) is 0 Å². The molecule has 2 aromatic heterocycles. The third-order valence-electron chi connectivity index (χ3n) is 5.12. The van der Waals surface area contributed by atoms with Crippen molar-refractivity contribution in [3.8, 4) is 17.0 Å². The molecule has 0 spiro atoms. The van der Waals surface area contributed by atoms with E-state index < -0.39 is 0 Å². The third-order valence-corrected chi connectivity index (χ3v) is 5.12. The Morgan fingerprint density at radius 2 is 1.73 bits per heavy atom. The molecule has 0 aliphatic carbocycles. The van der Waals surface area contributed by atoms with Crippen molar-refractivity contribution in [2.45, 2.75) is 26.9 Å². The summed E-state index contributed by atoms with van der Waals surface area (Å²) in [7, 11) is 1.67. The van der Waals surface area contributed by atoms with E-state index in [4.69, 9.17) is 4.74 Å². The molecule has 0 fully saturated rings. The minimum absolute atomic E-state index is 0.716. The van der Waals surface area contributed by atoms with Crippen LogP contribution < -0.4 is 4.74 Å². The van der Waals surface area contributed by atoms with E-state index >= 15 is 0 Å². The van der Waals surface area contributed by atoms with Gasteiger partial charge in [-0.15, -0.1) is 0 Å². The van der Waals surface area contributed by atoms with Crippen LogP contribution >= 0.6 is 0 Å². The molecule has 0 saturated heterocycles. The first-order valence-corrected chi connectivity index (χ1v) is 8.97. The Morgan fingerprint density at radius 1 is 0.962 bits per heavy atom. The predicted molar refractivity (Wildman–Crippen MR) is 106 cm³/mol. The van der Waals surface area contributed by atoms with Gasteiger partial charge < -0.3 is 13.9 Å².